The average Bonchev–Trinajstić information content (AvgIpc) is 3.25. The number of carbonyl (C=O) groups is 1. The number of carbonyl (C=O) groups excluding carboxylic acids is 1. The number of unbranched alkanes of at least 4 members (excludes halogenated alkanes) is 31. The first-order valence-corrected chi connectivity index (χ1v) is 32.6. The Morgan fingerprint density at radius 2 is 0.780 bits per heavy atom. The molecule has 82 heavy (non-hydrogen) atoms. The van der Waals surface area contributed by atoms with Crippen LogP contribution in [-0.2, 0) is 33.2 Å². The fraction of sp³-hybridized carbons (Fsp3) is 0.921. The normalized spacial score (nSPS) is 29.7. The van der Waals surface area contributed by atoms with Gasteiger partial charge in [0, 0.05) is 6.42 Å². The monoisotopic (exact) mass is 1180 g/mol. The highest BCUT2D eigenvalue weighted by Crippen LogP contribution is 2.33. The van der Waals surface area contributed by atoms with Crippen LogP contribution in [-0.4, -0.2) is 193 Å². The van der Waals surface area contributed by atoms with Crippen LogP contribution in [0.15, 0.2) is 24.3 Å². The van der Waals surface area contributed by atoms with Crippen LogP contribution in [0.4, 0.5) is 0 Å². The Hall–Kier alpha value is -1.73. The molecule has 3 heterocycles. The summed E-state index contributed by atoms with van der Waals surface area (Å²) in [5, 5.41) is 120. The molecule has 17 atom stereocenters. The van der Waals surface area contributed by atoms with Crippen molar-refractivity contribution in [3.8, 4) is 0 Å². The van der Waals surface area contributed by atoms with E-state index in [2.05, 4.69) is 31.3 Å². The van der Waals surface area contributed by atoms with E-state index >= 15 is 0 Å². The molecule has 0 aromatic carbocycles. The lowest BCUT2D eigenvalue weighted by Crippen LogP contribution is -2.66. The zero-order valence-electron chi connectivity index (χ0n) is 50.5. The summed E-state index contributed by atoms with van der Waals surface area (Å²) in [5.41, 5.74) is 0. The summed E-state index contributed by atoms with van der Waals surface area (Å²) >= 11 is 0. The third-order valence-corrected chi connectivity index (χ3v) is 16.5. The molecule has 0 aromatic heterocycles. The molecule has 482 valence electrons. The van der Waals surface area contributed by atoms with Crippen LogP contribution in [0.5, 0.6) is 0 Å². The summed E-state index contributed by atoms with van der Waals surface area (Å²) in [6.45, 7) is 1.73. The minimum Gasteiger partial charge on any atom is -0.394 e. The van der Waals surface area contributed by atoms with Crippen LogP contribution >= 0.6 is 0 Å². The van der Waals surface area contributed by atoms with Gasteiger partial charge in [0.05, 0.1) is 38.6 Å². The molecule has 3 saturated heterocycles. The largest absolute Gasteiger partial charge is 0.394 e. The van der Waals surface area contributed by atoms with Gasteiger partial charge >= 0.3 is 0 Å². The van der Waals surface area contributed by atoms with Gasteiger partial charge in [0.2, 0.25) is 5.91 Å². The van der Waals surface area contributed by atoms with Gasteiger partial charge in [-0.3, -0.25) is 4.79 Å². The molecule has 12 N–H and O–H groups in total. The van der Waals surface area contributed by atoms with Gasteiger partial charge in [0.25, 0.3) is 0 Å². The van der Waals surface area contributed by atoms with E-state index in [1.165, 1.54) is 167 Å². The Morgan fingerprint density at radius 1 is 0.427 bits per heavy atom. The van der Waals surface area contributed by atoms with Gasteiger partial charge < -0.3 is 89.9 Å². The number of rotatable bonds is 49. The lowest BCUT2D eigenvalue weighted by Gasteiger charge is -2.48. The Labute approximate surface area is 492 Å². The number of hydrogen-bond donors (Lipinski definition) is 12. The molecule has 1 amide bonds. The topological polar surface area (TPSA) is 307 Å². The second-order valence-electron chi connectivity index (χ2n) is 23.6. The fourth-order valence-electron chi connectivity index (χ4n) is 11.1. The highest BCUT2D eigenvalue weighted by atomic mass is 16.8. The predicted octanol–water partition coefficient (Wildman–Crippen LogP) is 7.10. The van der Waals surface area contributed by atoms with Crippen molar-refractivity contribution >= 4 is 5.91 Å². The summed E-state index contributed by atoms with van der Waals surface area (Å²) < 4.78 is 34.3. The van der Waals surface area contributed by atoms with Crippen molar-refractivity contribution in [2.45, 2.75) is 343 Å². The van der Waals surface area contributed by atoms with E-state index in [1.54, 1.807) is 6.08 Å². The van der Waals surface area contributed by atoms with Crippen LogP contribution < -0.4 is 5.32 Å². The van der Waals surface area contributed by atoms with Crippen LogP contribution in [0.25, 0.3) is 0 Å². The maximum Gasteiger partial charge on any atom is 0.220 e. The Kier molecular flexibility index (Phi) is 42.2. The summed E-state index contributed by atoms with van der Waals surface area (Å²) in [4.78, 5) is 13.4. The molecule has 0 bridgehead atoms. The summed E-state index contributed by atoms with van der Waals surface area (Å²) in [7, 11) is 0. The van der Waals surface area contributed by atoms with Gasteiger partial charge in [0.1, 0.15) is 73.2 Å². The van der Waals surface area contributed by atoms with Crippen molar-refractivity contribution in [3.63, 3.8) is 0 Å². The zero-order valence-corrected chi connectivity index (χ0v) is 50.5. The second-order valence-corrected chi connectivity index (χ2v) is 23.6. The molecule has 3 fully saturated rings. The van der Waals surface area contributed by atoms with E-state index in [0.717, 1.165) is 38.5 Å². The summed E-state index contributed by atoms with van der Waals surface area (Å²) in [5.74, 6) is -0.282. The first-order valence-electron chi connectivity index (χ1n) is 32.6. The number of aliphatic hydroxyl groups is 11. The first-order chi connectivity index (χ1) is 39.8. The van der Waals surface area contributed by atoms with E-state index < -0.39 is 124 Å². The molecule has 3 aliphatic rings. The first kappa shape index (κ1) is 74.5. The molecule has 19 nitrogen and oxygen atoms in total. The van der Waals surface area contributed by atoms with Crippen molar-refractivity contribution in [2.75, 3.05) is 26.4 Å². The fourth-order valence-corrected chi connectivity index (χ4v) is 11.1. The van der Waals surface area contributed by atoms with Crippen molar-refractivity contribution < 1.29 is 89.4 Å². The summed E-state index contributed by atoms with van der Waals surface area (Å²) in [6.07, 6.45) is 23.0. The van der Waals surface area contributed by atoms with Gasteiger partial charge in [-0.2, -0.15) is 0 Å². The third-order valence-electron chi connectivity index (χ3n) is 16.5. The number of hydrogen-bond acceptors (Lipinski definition) is 18. The molecule has 3 aliphatic heterocycles. The smallest absolute Gasteiger partial charge is 0.220 e. The second kappa shape index (κ2) is 46.4. The van der Waals surface area contributed by atoms with Crippen molar-refractivity contribution in [1.29, 1.82) is 0 Å². The minimum atomic E-state index is -1.98. The molecule has 0 aromatic rings. The van der Waals surface area contributed by atoms with Gasteiger partial charge in [-0.25, -0.2) is 0 Å². The van der Waals surface area contributed by atoms with Crippen LogP contribution in [0.2, 0.25) is 0 Å². The van der Waals surface area contributed by atoms with E-state index in [-0.39, 0.29) is 18.9 Å². The SMILES string of the molecule is CCCCCCCCCCCCC/C=C/CC/C=C/C(O)C(COC1OC(CO)C(OC2OC(CO)C(OC3OC(CO)C(O)C(O)C3O)C(O)C2O)C(O)C1O)NC(=O)CCCCCCCCCCCCCCCCCCCCCC. The molecule has 3 rings (SSSR count). The standard InChI is InChI=1S/C63H117NO18/c1-3-5-7-9-11-13-15-17-19-21-22-23-25-27-29-31-33-35-37-39-41-51(69)64-46(47(68)40-38-36-34-32-30-28-26-24-20-18-16-14-12-10-8-6-4-2)45-77-61-57(75)54(72)59(49(43-66)79-61)82-63-58(76)55(73)60(50(44-67)80-63)81-62-56(74)53(71)52(70)48(42-65)78-62/h30,32,38,40,46-50,52-63,65-68,70-76H,3-29,31,33-37,39,41-45H2,1-2H3,(H,64,69)/b32-30+,40-38+. The molecular weight excluding hydrogens is 1060 g/mol. The summed E-state index contributed by atoms with van der Waals surface area (Å²) in [6, 6.07) is -0.985. The maximum atomic E-state index is 13.4. The highest BCUT2D eigenvalue weighted by Gasteiger charge is 2.53. The Morgan fingerprint density at radius 3 is 1.22 bits per heavy atom. The zero-order chi connectivity index (χ0) is 59.7. The van der Waals surface area contributed by atoms with Crippen LogP contribution in [0, 0.1) is 0 Å². The third kappa shape index (κ3) is 29.3. The number of nitrogens with one attached hydrogen (secondary N) is 1. The van der Waals surface area contributed by atoms with E-state index in [0.29, 0.717) is 12.8 Å². The number of allylic oxidation sites excluding steroid dienone is 3. The lowest BCUT2D eigenvalue weighted by atomic mass is 9.96. The maximum absolute atomic E-state index is 13.4. The molecule has 0 aliphatic carbocycles. The van der Waals surface area contributed by atoms with Gasteiger partial charge in [-0.05, 0) is 32.1 Å². The number of ether oxygens (including phenoxy) is 6. The van der Waals surface area contributed by atoms with Crippen molar-refractivity contribution in [3.05, 3.63) is 24.3 Å². The van der Waals surface area contributed by atoms with Gasteiger partial charge in [0.15, 0.2) is 18.9 Å². The molecule has 19 heteroatoms. The van der Waals surface area contributed by atoms with Gasteiger partial charge in [-0.1, -0.05) is 224 Å². The van der Waals surface area contributed by atoms with E-state index in [1.807, 2.05) is 6.08 Å². The average molecular weight is 1180 g/mol. The molecule has 0 spiro atoms. The quantitative estimate of drug-likeness (QED) is 0.0213. The number of amides is 1. The van der Waals surface area contributed by atoms with E-state index in [9.17, 15) is 61.0 Å². The molecular formula is C63H117NO18. The minimum absolute atomic E-state index is 0.240. The van der Waals surface area contributed by atoms with Crippen LogP contribution in [0.3, 0.4) is 0 Å². The van der Waals surface area contributed by atoms with Crippen LogP contribution in [0.1, 0.15) is 239 Å². The predicted molar refractivity (Wildman–Crippen MR) is 314 cm³/mol. The lowest BCUT2D eigenvalue weighted by molar-refractivity contribution is -0.379. The number of aliphatic hydroxyl groups excluding tert-OH is 11. The van der Waals surface area contributed by atoms with Crippen molar-refractivity contribution in [1.82, 2.24) is 5.32 Å². The Balaban J connectivity index is 1.48. The van der Waals surface area contributed by atoms with E-state index in [4.69, 9.17) is 28.4 Å². The molecule has 0 saturated carbocycles. The Bertz CT molecular complexity index is 1590. The molecule has 0 radical (unpaired) electrons. The molecule has 17 unspecified atom stereocenters. The van der Waals surface area contributed by atoms with Gasteiger partial charge in [-0.15, -0.1) is 0 Å². The van der Waals surface area contributed by atoms with Crippen molar-refractivity contribution in [2.24, 2.45) is 0 Å². The highest BCUT2D eigenvalue weighted by molar-refractivity contribution is 5.76.